The first-order valence-electron chi connectivity index (χ1n) is 9.77. The third-order valence-corrected chi connectivity index (χ3v) is 5.45. The van der Waals surface area contributed by atoms with E-state index in [4.69, 9.17) is 32.7 Å². The monoisotopic (exact) mass is 446 g/mol. The molecule has 0 aliphatic carbocycles. The van der Waals surface area contributed by atoms with Gasteiger partial charge in [0, 0.05) is 42.1 Å². The molecule has 0 saturated carbocycles. The number of hydrogen-bond acceptors (Lipinski definition) is 5. The summed E-state index contributed by atoms with van der Waals surface area (Å²) in [6, 6.07) is 16.2. The highest BCUT2D eigenvalue weighted by Gasteiger charge is 2.54. The lowest BCUT2D eigenvalue weighted by molar-refractivity contribution is -0.226. The number of rotatable bonds is 9. The van der Waals surface area contributed by atoms with E-state index in [1.54, 1.807) is 30.3 Å². The molecule has 30 heavy (non-hydrogen) atoms. The summed E-state index contributed by atoms with van der Waals surface area (Å²) in [4.78, 5) is 16.1. The van der Waals surface area contributed by atoms with Gasteiger partial charge in [-0.05, 0) is 56.3 Å². The van der Waals surface area contributed by atoms with Crippen LogP contribution in [0.4, 0.5) is 5.69 Å². The largest absolute Gasteiger partial charge is 0.333 e. The first-order valence-corrected chi connectivity index (χ1v) is 10.5. The highest BCUT2D eigenvalue weighted by molar-refractivity contribution is 6.48. The zero-order chi connectivity index (χ0) is 21.6. The zero-order valence-corrected chi connectivity index (χ0v) is 18.4. The normalized spacial score (nSPS) is 18.7. The van der Waals surface area contributed by atoms with Crippen molar-refractivity contribution in [3.8, 4) is 0 Å². The summed E-state index contributed by atoms with van der Waals surface area (Å²) in [6.07, 6.45) is 3.35. The number of ether oxygens (including phenoxy) is 2. The smallest absolute Gasteiger partial charge is 0.273 e. The van der Waals surface area contributed by atoms with Crippen molar-refractivity contribution in [1.82, 2.24) is 0 Å². The first kappa shape index (κ1) is 22.5. The van der Waals surface area contributed by atoms with Crippen molar-refractivity contribution in [2.24, 2.45) is 4.99 Å². The van der Waals surface area contributed by atoms with E-state index in [0.717, 1.165) is 5.69 Å². The van der Waals surface area contributed by atoms with Crippen LogP contribution >= 0.6 is 23.2 Å². The van der Waals surface area contributed by atoms with Crippen LogP contribution in [0.2, 0.25) is 5.02 Å². The van der Waals surface area contributed by atoms with Crippen LogP contribution in [0.25, 0.3) is 0 Å². The Balaban J connectivity index is 1.94. The van der Waals surface area contributed by atoms with Gasteiger partial charge in [0.15, 0.2) is 0 Å². The summed E-state index contributed by atoms with van der Waals surface area (Å²) in [5.74, 6) is -1.63. The molecular weight excluding hydrogens is 423 g/mol. The molecule has 7 heteroatoms. The number of hydrogen-bond donors (Lipinski definition) is 1. The summed E-state index contributed by atoms with van der Waals surface area (Å²) >= 11 is 13.0. The third kappa shape index (κ3) is 4.76. The topological polar surface area (TPSA) is 59.9 Å². The molecule has 1 atom stereocenters. The van der Waals surface area contributed by atoms with Crippen molar-refractivity contribution >= 4 is 40.4 Å². The SMILES string of the molecule is CCOC(Nc1ccccc1)(OCC)C1(Cl)C=CN=C(C(=O)c2ccc(Cl)cc2)C1. The second kappa shape index (κ2) is 9.75. The molecule has 1 unspecified atom stereocenters. The van der Waals surface area contributed by atoms with Crippen molar-refractivity contribution in [2.75, 3.05) is 18.5 Å². The Morgan fingerprint density at radius 1 is 1.10 bits per heavy atom. The predicted octanol–water partition coefficient (Wildman–Crippen LogP) is 5.70. The number of nitrogens with one attached hydrogen (secondary N) is 1. The number of para-hydroxylation sites is 1. The Hall–Kier alpha value is -2.18. The minimum absolute atomic E-state index is 0.117. The van der Waals surface area contributed by atoms with Crippen LogP contribution in [0.1, 0.15) is 30.6 Å². The molecule has 2 aromatic rings. The van der Waals surface area contributed by atoms with Gasteiger partial charge in [-0.15, -0.1) is 11.6 Å². The molecule has 2 aromatic carbocycles. The van der Waals surface area contributed by atoms with E-state index in [1.807, 2.05) is 44.2 Å². The minimum atomic E-state index is -1.41. The Labute approximate surface area is 186 Å². The molecule has 0 fully saturated rings. The number of halogens is 2. The molecule has 0 radical (unpaired) electrons. The highest BCUT2D eigenvalue weighted by Crippen LogP contribution is 2.41. The number of aliphatic imine (C=N–C) groups is 1. The molecule has 1 N–H and O–H groups in total. The molecule has 0 bridgehead atoms. The molecule has 5 nitrogen and oxygen atoms in total. The molecule has 0 amide bonds. The van der Waals surface area contributed by atoms with Gasteiger partial charge < -0.3 is 14.8 Å². The fraction of sp³-hybridized carbons (Fsp3) is 0.304. The lowest BCUT2D eigenvalue weighted by atomic mass is 9.90. The van der Waals surface area contributed by atoms with Crippen molar-refractivity contribution in [2.45, 2.75) is 31.1 Å². The summed E-state index contributed by atoms with van der Waals surface area (Å²) in [5.41, 5.74) is 1.58. The van der Waals surface area contributed by atoms with Gasteiger partial charge in [0.05, 0.1) is 5.71 Å². The van der Waals surface area contributed by atoms with Crippen molar-refractivity contribution in [3.63, 3.8) is 0 Å². The zero-order valence-electron chi connectivity index (χ0n) is 16.9. The summed E-state index contributed by atoms with van der Waals surface area (Å²) in [6.45, 7) is 4.42. The van der Waals surface area contributed by atoms with E-state index in [1.165, 1.54) is 6.20 Å². The second-order valence-electron chi connectivity index (χ2n) is 6.74. The fourth-order valence-corrected chi connectivity index (χ4v) is 3.77. The molecule has 0 spiro atoms. The Morgan fingerprint density at radius 2 is 1.73 bits per heavy atom. The number of ketones is 1. The van der Waals surface area contributed by atoms with Gasteiger partial charge in [-0.3, -0.25) is 9.79 Å². The van der Waals surface area contributed by atoms with Crippen LogP contribution in [0.3, 0.4) is 0 Å². The van der Waals surface area contributed by atoms with Gasteiger partial charge in [0.2, 0.25) is 5.78 Å². The maximum atomic E-state index is 13.0. The van der Waals surface area contributed by atoms with Gasteiger partial charge in [-0.1, -0.05) is 29.8 Å². The predicted molar refractivity (Wildman–Crippen MR) is 122 cm³/mol. The highest BCUT2D eigenvalue weighted by atomic mass is 35.5. The van der Waals surface area contributed by atoms with E-state index < -0.39 is 10.8 Å². The number of alkyl halides is 1. The molecule has 0 aromatic heterocycles. The number of benzene rings is 2. The van der Waals surface area contributed by atoms with Crippen LogP contribution in [-0.2, 0) is 9.47 Å². The van der Waals surface area contributed by atoms with Crippen LogP contribution in [0.5, 0.6) is 0 Å². The molecule has 1 heterocycles. The summed E-state index contributed by atoms with van der Waals surface area (Å²) in [7, 11) is 0. The second-order valence-corrected chi connectivity index (χ2v) is 7.85. The van der Waals surface area contributed by atoms with E-state index in [9.17, 15) is 4.79 Å². The number of Topliss-reactive ketones (excluding diaryl/α,β-unsaturated/α-hetero) is 1. The molecule has 158 valence electrons. The number of carbonyl (C=O) groups is 1. The van der Waals surface area contributed by atoms with Crippen molar-refractivity contribution < 1.29 is 14.3 Å². The van der Waals surface area contributed by atoms with Crippen LogP contribution in [0.15, 0.2) is 71.9 Å². The standard InChI is InChI=1S/C23H24Cl2N2O3/c1-3-29-23(30-4-2,27-19-8-6-5-7-9-19)22(25)14-15-26-20(16-22)21(28)17-10-12-18(24)13-11-17/h5-15,27H,3-4,16H2,1-2H3. The van der Waals surface area contributed by atoms with Crippen molar-refractivity contribution in [3.05, 3.63) is 77.5 Å². The Kier molecular flexibility index (Phi) is 7.32. The van der Waals surface area contributed by atoms with Gasteiger partial charge >= 0.3 is 0 Å². The van der Waals surface area contributed by atoms with Crippen LogP contribution in [-0.4, -0.2) is 35.5 Å². The Morgan fingerprint density at radius 3 is 2.33 bits per heavy atom. The number of carbonyl (C=O) groups excluding carboxylic acids is 1. The van der Waals surface area contributed by atoms with E-state index >= 15 is 0 Å². The van der Waals surface area contributed by atoms with E-state index in [0.29, 0.717) is 29.5 Å². The van der Waals surface area contributed by atoms with E-state index in [2.05, 4.69) is 10.3 Å². The number of nitrogens with zero attached hydrogens (tertiary/aromatic N) is 1. The summed E-state index contributed by atoms with van der Waals surface area (Å²) in [5, 5.41) is 3.86. The average Bonchev–Trinajstić information content (AvgIpc) is 2.75. The lowest BCUT2D eigenvalue weighted by Gasteiger charge is -2.45. The minimum Gasteiger partial charge on any atom is -0.333 e. The average molecular weight is 447 g/mol. The maximum Gasteiger partial charge on any atom is 0.273 e. The molecule has 3 rings (SSSR count). The van der Waals surface area contributed by atoms with Gasteiger partial charge in [0.25, 0.3) is 5.91 Å². The van der Waals surface area contributed by atoms with E-state index in [-0.39, 0.29) is 12.2 Å². The van der Waals surface area contributed by atoms with Crippen molar-refractivity contribution in [1.29, 1.82) is 0 Å². The van der Waals surface area contributed by atoms with Gasteiger partial charge in [-0.25, -0.2) is 0 Å². The maximum absolute atomic E-state index is 13.0. The molecule has 0 saturated heterocycles. The fourth-order valence-electron chi connectivity index (χ4n) is 3.30. The summed E-state index contributed by atoms with van der Waals surface area (Å²) < 4.78 is 12.1. The first-order chi connectivity index (χ1) is 14.4. The molecule has 1 aliphatic rings. The van der Waals surface area contributed by atoms with Gasteiger partial charge in [-0.2, -0.15) is 0 Å². The lowest BCUT2D eigenvalue weighted by Crippen LogP contribution is -2.60. The number of anilines is 1. The Bertz CT molecular complexity index is 923. The van der Waals surface area contributed by atoms with Gasteiger partial charge in [0.1, 0.15) is 4.87 Å². The van der Waals surface area contributed by atoms with Crippen LogP contribution in [0, 0.1) is 0 Å². The molecular formula is C23H24Cl2N2O3. The molecule has 1 aliphatic heterocycles. The third-order valence-electron chi connectivity index (χ3n) is 4.69. The quantitative estimate of drug-likeness (QED) is 0.305. The van der Waals surface area contributed by atoms with Crippen LogP contribution < -0.4 is 5.32 Å².